The Morgan fingerprint density at radius 1 is 0.191 bits per heavy atom. The zero-order chi connectivity index (χ0) is 49.7. The summed E-state index contributed by atoms with van der Waals surface area (Å²) in [5.41, 5.74) is 0.662. The monoisotopic (exact) mass is 1040 g/mol. The molecule has 0 unspecified atom stereocenters. The van der Waals surface area contributed by atoms with Gasteiger partial charge in [0.2, 0.25) is 0 Å². The Labute approximate surface area is 443 Å². The quantitative estimate of drug-likeness (QED) is 0.0421. The second-order valence-corrected chi connectivity index (χ2v) is 35.6. The fraction of sp³-hybridized carbons (Fsp3) is 1.00. The Morgan fingerprint density at radius 2 is 0.324 bits per heavy atom. The van der Waals surface area contributed by atoms with Crippen LogP contribution in [0.4, 0.5) is 0 Å². The minimum absolute atomic E-state index is 0.662. The molecule has 0 amide bonds. The summed E-state index contributed by atoms with van der Waals surface area (Å²) >= 11 is 4.97. The first kappa shape index (κ1) is 68.9. The molecule has 0 atom stereocenters. The van der Waals surface area contributed by atoms with Crippen molar-refractivity contribution < 1.29 is 0 Å². The van der Waals surface area contributed by atoms with E-state index in [1.165, 1.54) is 353 Å². The molecule has 0 heterocycles. The molecular weight excluding hydrogens is 904 g/mol. The van der Waals surface area contributed by atoms with Crippen molar-refractivity contribution in [2.45, 2.75) is 395 Å². The van der Waals surface area contributed by atoms with Gasteiger partial charge in [-0.3, -0.25) is 0 Å². The zero-order valence-corrected chi connectivity index (χ0v) is 51.5. The normalized spacial score (nSPS) is 12.9. The van der Waals surface area contributed by atoms with E-state index in [0.717, 1.165) is 0 Å². The number of halogens is 1. The third-order valence-electron chi connectivity index (χ3n) is 17.3. The van der Waals surface area contributed by atoms with E-state index in [4.69, 9.17) is 15.5 Å². The summed E-state index contributed by atoms with van der Waals surface area (Å²) in [7, 11) is 0. The first-order valence-electron chi connectivity index (χ1n) is 33.1. The van der Waals surface area contributed by atoms with Crippen LogP contribution in [-0.2, 0) is 0 Å². The molecule has 0 aromatic carbocycles. The summed E-state index contributed by atoms with van der Waals surface area (Å²) in [4.78, 5) is 0. The van der Waals surface area contributed by atoms with E-state index in [1.807, 2.05) is 0 Å². The molecule has 0 radical (unpaired) electrons. The second-order valence-electron chi connectivity index (χ2n) is 24.1. The van der Waals surface area contributed by atoms with E-state index in [1.54, 1.807) is 24.6 Å². The topological polar surface area (TPSA) is 0 Å². The van der Waals surface area contributed by atoms with Gasteiger partial charge in [0.1, 0.15) is 0 Å². The SMILES string of the molecule is CCCCCCCCCCCCP(Br)(CCCCCCCCCCCC)(CCCCCCCCCCCC)CCCCCCCCCCCC(CCCCCC)(CCCCCC)CCCCCC. The van der Waals surface area contributed by atoms with Gasteiger partial charge in [0.05, 0.1) is 0 Å². The fourth-order valence-corrected chi connectivity index (χ4v) is 20.8. The first-order chi connectivity index (χ1) is 33.4. The van der Waals surface area contributed by atoms with Crippen LogP contribution in [-0.4, -0.2) is 24.6 Å². The number of hydrogen-bond donors (Lipinski definition) is 0. The molecule has 0 bridgehead atoms. The average molecular weight is 1040 g/mol. The van der Waals surface area contributed by atoms with Gasteiger partial charge in [0, 0.05) is 0 Å². The molecule has 0 aliphatic heterocycles. The maximum atomic E-state index is 4.97. The molecule has 0 aromatic heterocycles. The third-order valence-corrected chi connectivity index (χ3v) is 27.3. The standard InChI is InChI=1S/C66H136BrP/c1-7-13-19-25-28-31-36-41-46-54-62-68(67,63-55-47-42-37-32-29-26-20-14-8-2,64-56-48-43-38-33-30-27-21-15-9-3)65-57-49-44-39-34-35-40-45-53-61-66(58-50-22-16-10-4,59-51-23-17-11-5)60-52-24-18-12-6/h7-65H2,1-6H3. The van der Waals surface area contributed by atoms with Crippen molar-refractivity contribution in [1.82, 2.24) is 0 Å². The van der Waals surface area contributed by atoms with Gasteiger partial charge in [-0.15, -0.1) is 0 Å². The molecule has 0 fully saturated rings. The minimum Gasteiger partial charge on any atom is -0.0654 e. The number of unbranched alkanes of at least 4 members (excludes halogenated alkanes) is 44. The van der Waals surface area contributed by atoms with Crippen LogP contribution in [0, 0.1) is 5.41 Å². The van der Waals surface area contributed by atoms with E-state index in [9.17, 15) is 0 Å². The van der Waals surface area contributed by atoms with Crippen molar-refractivity contribution in [1.29, 1.82) is 0 Å². The van der Waals surface area contributed by atoms with Crippen LogP contribution in [0.25, 0.3) is 0 Å². The van der Waals surface area contributed by atoms with Crippen LogP contribution >= 0.6 is 20.8 Å². The maximum absolute atomic E-state index is 4.97. The van der Waals surface area contributed by atoms with Crippen molar-refractivity contribution in [2.75, 3.05) is 24.6 Å². The van der Waals surface area contributed by atoms with E-state index in [-0.39, 0.29) is 0 Å². The van der Waals surface area contributed by atoms with Crippen molar-refractivity contribution >= 4 is 20.8 Å². The summed E-state index contributed by atoms with van der Waals surface area (Å²) in [6.45, 7) is 14.2. The van der Waals surface area contributed by atoms with E-state index >= 15 is 0 Å². The first-order valence-corrected chi connectivity index (χ1v) is 38.1. The van der Waals surface area contributed by atoms with Gasteiger partial charge in [-0.2, -0.15) is 0 Å². The van der Waals surface area contributed by atoms with Crippen LogP contribution in [0.3, 0.4) is 0 Å². The molecule has 0 nitrogen and oxygen atoms in total. The van der Waals surface area contributed by atoms with Gasteiger partial charge in [-0.05, 0) is 19.3 Å². The van der Waals surface area contributed by atoms with Gasteiger partial charge in [0.15, 0.2) is 0 Å². The molecule has 0 aliphatic carbocycles. The van der Waals surface area contributed by atoms with Crippen molar-refractivity contribution in [3.8, 4) is 0 Å². The molecule has 0 aliphatic rings. The smallest absolute Gasteiger partial charge is 0.0654 e. The molecule has 0 N–H and O–H groups in total. The molecule has 412 valence electrons. The van der Waals surface area contributed by atoms with Crippen molar-refractivity contribution in [3.05, 3.63) is 0 Å². The number of rotatable bonds is 60. The van der Waals surface area contributed by atoms with E-state index in [2.05, 4.69) is 41.5 Å². The fourth-order valence-electron chi connectivity index (χ4n) is 12.4. The van der Waals surface area contributed by atoms with Crippen LogP contribution in [0.5, 0.6) is 0 Å². The molecule has 0 spiro atoms. The van der Waals surface area contributed by atoms with Crippen LogP contribution in [0.2, 0.25) is 0 Å². The summed E-state index contributed by atoms with van der Waals surface area (Å²) in [6, 6.07) is 0. The number of hydrogen-bond acceptors (Lipinski definition) is 0. The molecule has 0 aromatic rings. The Morgan fingerprint density at radius 3 is 0.500 bits per heavy atom. The van der Waals surface area contributed by atoms with Gasteiger partial charge in [0.25, 0.3) is 0 Å². The van der Waals surface area contributed by atoms with Crippen LogP contribution < -0.4 is 0 Å². The van der Waals surface area contributed by atoms with Gasteiger partial charge >= 0.3 is 328 Å². The molecular formula is C66H136BrP. The minimum atomic E-state index is -1.91. The predicted octanol–water partition coefficient (Wildman–Crippen LogP) is 26.4. The van der Waals surface area contributed by atoms with Gasteiger partial charge < -0.3 is 0 Å². The summed E-state index contributed by atoms with van der Waals surface area (Å²) < 4.78 is 0. The Kier molecular flexibility index (Phi) is 53.5. The summed E-state index contributed by atoms with van der Waals surface area (Å²) in [5.74, 6) is 0. The van der Waals surface area contributed by atoms with Crippen molar-refractivity contribution in [3.63, 3.8) is 0 Å². The molecule has 0 saturated heterocycles. The summed E-state index contributed by atoms with van der Waals surface area (Å²) in [6.07, 6.45) is 87.2. The van der Waals surface area contributed by atoms with Crippen molar-refractivity contribution in [2.24, 2.45) is 5.41 Å². The van der Waals surface area contributed by atoms with E-state index < -0.39 is 5.31 Å². The average Bonchev–Trinajstić information content (AvgIpc) is 3.34. The molecule has 68 heavy (non-hydrogen) atoms. The molecule has 2 heteroatoms. The van der Waals surface area contributed by atoms with E-state index in [0.29, 0.717) is 5.41 Å². The third kappa shape index (κ3) is 44.4. The van der Waals surface area contributed by atoms with Crippen LogP contribution in [0.1, 0.15) is 395 Å². The Bertz CT molecular complexity index is 849. The van der Waals surface area contributed by atoms with Gasteiger partial charge in [-0.25, -0.2) is 0 Å². The molecule has 0 rings (SSSR count). The Balaban J connectivity index is 5.33. The zero-order valence-electron chi connectivity index (χ0n) is 49.0. The second kappa shape index (κ2) is 52.8. The van der Waals surface area contributed by atoms with Crippen LogP contribution in [0.15, 0.2) is 0 Å². The van der Waals surface area contributed by atoms with Gasteiger partial charge in [-0.1, -0.05) is 97.8 Å². The summed E-state index contributed by atoms with van der Waals surface area (Å²) in [5, 5.41) is -1.91. The molecule has 0 saturated carbocycles. The Hall–Kier alpha value is 0.910. The predicted molar refractivity (Wildman–Crippen MR) is 326 cm³/mol.